The van der Waals surface area contributed by atoms with E-state index in [-0.39, 0.29) is 23.7 Å². The van der Waals surface area contributed by atoms with E-state index in [2.05, 4.69) is 10.6 Å². The normalized spacial score (nSPS) is 12.4. The molecule has 10 nitrogen and oxygen atoms in total. The van der Waals surface area contributed by atoms with Crippen LogP contribution in [0, 0.1) is 11.8 Å². The number of benzene rings is 2. The molecule has 0 spiro atoms. The SMILES string of the molecule is COC(=O)C(CC(C)C)NC(=O)c1ccc2occc2c1.COC(=O)[C@@H](CC(C)C)NC(=O)c1ccc2occc2c1. The summed E-state index contributed by atoms with van der Waals surface area (Å²) in [5.41, 5.74) is 2.42. The van der Waals surface area contributed by atoms with Gasteiger partial charge in [-0.2, -0.15) is 0 Å². The zero-order valence-electron chi connectivity index (χ0n) is 24.8. The minimum Gasteiger partial charge on any atom is -0.467 e. The van der Waals surface area contributed by atoms with Gasteiger partial charge in [-0.25, -0.2) is 9.59 Å². The van der Waals surface area contributed by atoms with Crippen LogP contribution < -0.4 is 10.6 Å². The van der Waals surface area contributed by atoms with E-state index in [1.807, 2.05) is 27.7 Å². The van der Waals surface area contributed by atoms with Crippen LogP contribution in [-0.4, -0.2) is 50.1 Å². The molecule has 4 aromatic rings. The van der Waals surface area contributed by atoms with Crippen molar-refractivity contribution in [2.45, 2.75) is 52.6 Å². The number of carbonyl (C=O) groups excluding carboxylic acids is 4. The van der Waals surface area contributed by atoms with Crippen molar-refractivity contribution in [3.8, 4) is 0 Å². The highest BCUT2D eigenvalue weighted by atomic mass is 16.5. The Balaban J connectivity index is 0.000000230. The molecule has 2 aromatic heterocycles. The zero-order chi connectivity index (χ0) is 30.8. The van der Waals surface area contributed by atoms with E-state index in [0.29, 0.717) is 24.0 Å². The first kappa shape index (κ1) is 31.9. The Hall–Kier alpha value is -4.60. The molecule has 0 bridgehead atoms. The Bertz CT molecular complexity index is 1400. The summed E-state index contributed by atoms with van der Waals surface area (Å²) in [6, 6.07) is 12.6. The predicted molar refractivity (Wildman–Crippen MR) is 158 cm³/mol. The third-order valence-electron chi connectivity index (χ3n) is 6.43. The summed E-state index contributed by atoms with van der Waals surface area (Å²) < 4.78 is 20.0. The molecule has 0 saturated heterocycles. The molecule has 42 heavy (non-hydrogen) atoms. The molecular formula is C32H38N2O8. The summed E-state index contributed by atoms with van der Waals surface area (Å²) in [5, 5.41) is 7.15. The van der Waals surface area contributed by atoms with E-state index in [4.69, 9.17) is 18.3 Å². The van der Waals surface area contributed by atoms with E-state index in [1.165, 1.54) is 14.2 Å². The second-order valence-electron chi connectivity index (χ2n) is 10.7. The number of esters is 2. The van der Waals surface area contributed by atoms with Crippen molar-refractivity contribution >= 4 is 45.7 Å². The Morgan fingerprint density at radius 2 is 1.02 bits per heavy atom. The second-order valence-corrected chi connectivity index (χ2v) is 10.7. The number of ether oxygens (including phenoxy) is 2. The monoisotopic (exact) mass is 578 g/mol. The first-order chi connectivity index (χ1) is 20.0. The smallest absolute Gasteiger partial charge is 0.328 e. The van der Waals surface area contributed by atoms with Gasteiger partial charge >= 0.3 is 11.9 Å². The molecule has 1 unspecified atom stereocenters. The molecule has 2 N–H and O–H groups in total. The highest BCUT2D eigenvalue weighted by molar-refractivity contribution is 6.00. The van der Waals surface area contributed by atoms with Crippen LogP contribution in [0.1, 0.15) is 61.3 Å². The minimum absolute atomic E-state index is 0.269. The van der Waals surface area contributed by atoms with E-state index in [1.54, 1.807) is 61.1 Å². The van der Waals surface area contributed by atoms with Crippen molar-refractivity contribution in [2.24, 2.45) is 11.8 Å². The van der Waals surface area contributed by atoms with Gasteiger partial charge in [0.2, 0.25) is 0 Å². The lowest BCUT2D eigenvalue weighted by atomic mass is 10.0. The quantitative estimate of drug-likeness (QED) is 0.235. The van der Waals surface area contributed by atoms with Crippen molar-refractivity contribution in [2.75, 3.05) is 14.2 Å². The fraction of sp³-hybridized carbons (Fsp3) is 0.375. The van der Waals surface area contributed by atoms with Crippen LogP contribution in [0.3, 0.4) is 0 Å². The lowest BCUT2D eigenvalue weighted by Crippen LogP contribution is -2.42. The summed E-state index contributed by atoms with van der Waals surface area (Å²) in [7, 11) is 2.64. The van der Waals surface area contributed by atoms with E-state index >= 15 is 0 Å². The molecule has 224 valence electrons. The fourth-order valence-electron chi connectivity index (χ4n) is 4.35. The predicted octanol–water partition coefficient (Wildman–Crippen LogP) is 5.50. The summed E-state index contributed by atoms with van der Waals surface area (Å²) in [6.45, 7) is 7.94. The average molecular weight is 579 g/mol. The maximum Gasteiger partial charge on any atom is 0.328 e. The molecule has 2 aromatic carbocycles. The third-order valence-corrected chi connectivity index (χ3v) is 6.43. The number of furan rings is 2. The molecule has 0 fully saturated rings. The molecular weight excluding hydrogens is 540 g/mol. The van der Waals surface area contributed by atoms with Crippen molar-refractivity contribution in [1.82, 2.24) is 10.6 Å². The molecule has 0 radical (unpaired) electrons. The van der Waals surface area contributed by atoms with Crippen LogP contribution in [0.15, 0.2) is 69.9 Å². The molecule has 0 saturated carbocycles. The van der Waals surface area contributed by atoms with Gasteiger partial charge in [0, 0.05) is 21.9 Å². The molecule has 0 aliphatic heterocycles. The number of rotatable bonds is 10. The summed E-state index contributed by atoms with van der Waals surface area (Å²) in [6.07, 6.45) is 4.21. The Morgan fingerprint density at radius 3 is 1.36 bits per heavy atom. The third kappa shape index (κ3) is 8.70. The first-order valence-corrected chi connectivity index (χ1v) is 13.7. The number of amides is 2. The molecule has 2 amide bonds. The number of methoxy groups -OCH3 is 2. The van der Waals surface area contributed by atoms with Gasteiger partial charge in [0.1, 0.15) is 23.2 Å². The van der Waals surface area contributed by atoms with Crippen LogP contribution in [0.2, 0.25) is 0 Å². The maximum atomic E-state index is 12.3. The molecule has 0 aliphatic carbocycles. The van der Waals surface area contributed by atoms with Crippen LogP contribution in [0.5, 0.6) is 0 Å². The van der Waals surface area contributed by atoms with E-state index < -0.39 is 24.0 Å². The van der Waals surface area contributed by atoms with Gasteiger partial charge in [-0.3, -0.25) is 9.59 Å². The van der Waals surface area contributed by atoms with Gasteiger partial charge in [-0.05, 0) is 73.2 Å². The van der Waals surface area contributed by atoms with Crippen molar-refractivity contribution in [3.63, 3.8) is 0 Å². The van der Waals surface area contributed by atoms with Gasteiger partial charge in [0.15, 0.2) is 0 Å². The van der Waals surface area contributed by atoms with Gasteiger partial charge in [-0.15, -0.1) is 0 Å². The number of carbonyl (C=O) groups is 4. The highest BCUT2D eigenvalue weighted by Crippen LogP contribution is 2.19. The molecule has 2 atom stereocenters. The van der Waals surface area contributed by atoms with Gasteiger partial charge in [-0.1, -0.05) is 27.7 Å². The van der Waals surface area contributed by atoms with Crippen LogP contribution in [0.25, 0.3) is 21.9 Å². The van der Waals surface area contributed by atoms with Gasteiger partial charge in [0.05, 0.1) is 26.7 Å². The van der Waals surface area contributed by atoms with Crippen LogP contribution in [-0.2, 0) is 19.1 Å². The molecule has 2 heterocycles. The number of fused-ring (bicyclic) bond motifs is 2. The topological polar surface area (TPSA) is 137 Å². The molecule has 0 aliphatic rings. The van der Waals surface area contributed by atoms with Gasteiger partial charge < -0.3 is 28.9 Å². The number of hydrogen-bond acceptors (Lipinski definition) is 8. The first-order valence-electron chi connectivity index (χ1n) is 13.7. The zero-order valence-corrected chi connectivity index (χ0v) is 24.8. The van der Waals surface area contributed by atoms with E-state index in [9.17, 15) is 19.2 Å². The second kappa shape index (κ2) is 14.9. The number of nitrogens with one attached hydrogen (secondary N) is 2. The van der Waals surface area contributed by atoms with Crippen LogP contribution >= 0.6 is 0 Å². The lowest BCUT2D eigenvalue weighted by Gasteiger charge is -2.18. The fourth-order valence-corrected chi connectivity index (χ4v) is 4.35. The molecule has 4 rings (SSSR count). The number of hydrogen-bond donors (Lipinski definition) is 2. The summed E-state index contributed by atoms with van der Waals surface area (Å²) in [4.78, 5) is 48.0. The van der Waals surface area contributed by atoms with Crippen LogP contribution in [0.4, 0.5) is 0 Å². The van der Waals surface area contributed by atoms with Crippen molar-refractivity contribution < 1.29 is 37.5 Å². The summed E-state index contributed by atoms with van der Waals surface area (Å²) in [5.74, 6) is -0.914. The lowest BCUT2D eigenvalue weighted by molar-refractivity contribution is -0.144. The minimum atomic E-state index is -0.637. The van der Waals surface area contributed by atoms with Crippen molar-refractivity contribution in [1.29, 1.82) is 0 Å². The Kier molecular flexibility index (Phi) is 11.3. The summed E-state index contributed by atoms with van der Waals surface area (Å²) >= 11 is 0. The Morgan fingerprint density at radius 1 is 0.643 bits per heavy atom. The van der Waals surface area contributed by atoms with Crippen molar-refractivity contribution in [3.05, 3.63) is 72.2 Å². The maximum absolute atomic E-state index is 12.3. The highest BCUT2D eigenvalue weighted by Gasteiger charge is 2.24. The van der Waals surface area contributed by atoms with Gasteiger partial charge in [0.25, 0.3) is 11.8 Å². The van der Waals surface area contributed by atoms with E-state index in [0.717, 1.165) is 21.9 Å². The standard InChI is InChI=1S/2C16H19NO4/c2*1-10(2)8-13(16(19)20-3)17-15(18)12-4-5-14-11(9-12)6-7-21-14/h2*4-7,9-10,13H,8H2,1-3H3,(H,17,18)/t13-;/m1./s1. The average Bonchev–Trinajstić information content (AvgIpc) is 3.64. The largest absolute Gasteiger partial charge is 0.467 e. The Labute approximate surface area is 244 Å². The molecule has 10 heteroatoms.